The fourth-order valence-corrected chi connectivity index (χ4v) is 2.26. The molecule has 1 amide bonds. The van der Waals surface area contributed by atoms with Crippen LogP contribution in [0.25, 0.3) is 0 Å². The smallest absolute Gasteiger partial charge is 0.365 e. The number of aromatic carboxylic acids is 1. The molecule has 1 heterocycles. The first-order chi connectivity index (χ1) is 9.15. The second-order valence-electron chi connectivity index (χ2n) is 4.57. The Morgan fingerprint density at radius 2 is 2.26 bits per heavy atom. The van der Waals surface area contributed by atoms with E-state index in [0.29, 0.717) is 19.0 Å². The minimum absolute atomic E-state index is 0.112. The van der Waals surface area contributed by atoms with Crippen molar-refractivity contribution in [1.82, 2.24) is 15.6 Å². The SMILES string of the molecule is O=C(CCCNCc1csc(C(=O)O)n1)NC1CC1. The molecule has 0 radical (unpaired) electrons. The number of aromatic nitrogens is 1. The summed E-state index contributed by atoms with van der Waals surface area (Å²) in [5, 5.41) is 16.7. The van der Waals surface area contributed by atoms with Gasteiger partial charge >= 0.3 is 5.97 Å². The number of nitrogens with one attached hydrogen (secondary N) is 2. The van der Waals surface area contributed by atoms with Crippen molar-refractivity contribution in [3.63, 3.8) is 0 Å². The number of carboxylic acids is 1. The lowest BCUT2D eigenvalue weighted by Crippen LogP contribution is -2.26. The van der Waals surface area contributed by atoms with Crippen LogP contribution >= 0.6 is 11.3 Å². The van der Waals surface area contributed by atoms with Gasteiger partial charge in [0.2, 0.25) is 10.9 Å². The van der Waals surface area contributed by atoms with E-state index >= 15 is 0 Å². The molecule has 0 atom stereocenters. The van der Waals surface area contributed by atoms with E-state index in [-0.39, 0.29) is 10.9 Å². The van der Waals surface area contributed by atoms with Crippen LogP contribution in [0.5, 0.6) is 0 Å². The Labute approximate surface area is 115 Å². The molecule has 2 rings (SSSR count). The molecular formula is C12H17N3O3S. The second-order valence-corrected chi connectivity index (χ2v) is 5.43. The van der Waals surface area contributed by atoms with Crippen molar-refractivity contribution >= 4 is 23.2 Å². The number of nitrogens with zero attached hydrogens (tertiary/aromatic N) is 1. The summed E-state index contributed by atoms with van der Waals surface area (Å²) in [5.74, 6) is -0.876. The summed E-state index contributed by atoms with van der Waals surface area (Å²) >= 11 is 1.13. The first kappa shape index (κ1) is 14.0. The van der Waals surface area contributed by atoms with Gasteiger partial charge in [0.25, 0.3) is 0 Å². The van der Waals surface area contributed by atoms with E-state index in [4.69, 9.17) is 5.11 Å². The average Bonchev–Trinajstić information content (AvgIpc) is 3.04. The summed E-state index contributed by atoms with van der Waals surface area (Å²) in [5.41, 5.74) is 0.727. The first-order valence-corrected chi connectivity index (χ1v) is 7.21. The molecule has 1 fully saturated rings. The predicted octanol–water partition coefficient (Wildman–Crippen LogP) is 0.990. The fraction of sp³-hybridized carbons (Fsp3) is 0.583. The maximum Gasteiger partial charge on any atom is 0.365 e. The number of carbonyl (C=O) groups excluding carboxylic acids is 1. The number of hydrogen-bond acceptors (Lipinski definition) is 5. The normalized spacial score (nSPS) is 14.3. The first-order valence-electron chi connectivity index (χ1n) is 6.33. The van der Waals surface area contributed by atoms with Crippen molar-refractivity contribution in [2.24, 2.45) is 0 Å². The Hall–Kier alpha value is -1.47. The lowest BCUT2D eigenvalue weighted by Gasteiger charge is -2.04. The molecule has 0 aliphatic heterocycles. The Kier molecular flexibility index (Phi) is 4.86. The topological polar surface area (TPSA) is 91.3 Å². The highest BCUT2D eigenvalue weighted by Gasteiger charge is 2.22. The Morgan fingerprint density at radius 1 is 1.47 bits per heavy atom. The molecule has 6 nitrogen and oxygen atoms in total. The minimum atomic E-state index is -0.993. The lowest BCUT2D eigenvalue weighted by molar-refractivity contribution is -0.121. The number of carbonyl (C=O) groups is 2. The fourth-order valence-electron chi connectivity index (χ4n) is 1.60. The molecule has 1 aliphatic carbocycles. The molecular weight excluding hydrogens is 266 g/mol. The zero-order chi connectivity index (χ0) is 13.7. The van der Waals surface area contributed by atoms with Gasteiger partial charge in [0.1, 0.15) is 0 Å². The van der Waals surface area contributed by atoms with Gasteiger partial charge in [-0.3, -0.25) is 4.79 Å². The predicted molar refractivity (Wildman–Crippen MR) is 71.2 cm³/mol. The lowest BCUT2D eigenvalue weighted by atomic mass is 10.3. The number of carboxylic acid groups (broad SMARTS) is 1. The van der Waals surface area contributed by atoms with Crippen LogP contribution in [0, 0.1) is 0 Å². The molecule has 19 heavy (non-hydrogen) atoms. The average molecular weight is 283 g/mol. The number of amides is 1. The third-order valence-corrected chi connectivity index (χ3v) is 3.62. The summed E-state index contributed by atoms with van der Waals surface area (Å²) in [6.45, 7) is 1.26. The summed E-state index contributed by atoms with van der Waals surface area (Å²) in [4.78, 5) is 26.0. The third-order valence-electron chi connectivity index (χ3n) is 2.74. The van der Waals surface area contributed by atoms with Crippen LogP contribution in [0.15, 0.2) is 5.38 Å². The number of rotatable bonds is 8. The largest absolute Gasteiger partial charge is 0.476 e. The van der Waals surface area contributed by atoms with E-state index in [2.05, 4.69) is 15.6 Å². The zero-order valence-electron chi connectivity index (χ0n) is 10.5. The van der Waals surface area contributed by atoms with Gasteiger partial charge in [0, 0.05) is 24.4 Å². The van der Waals surface area contributed by atoms with Crippen molar-refractivity contribution < 1.29 is 14.7 Å². The molecule has 1 saturated carbocycles. The van der Waals surface area contributed by atoms with E-state index in [1.165, 1.54) is 0 Å². The monoisotopic (exact) mass is 283 g/mol. The molecule has 1 aromatic heterocycles. The summed E-state index contributed by atoms with van der Waals surface area (Å²) in [6, 6.07) is 0.421. The maximum atomic E-state index is 11.4. The number of thiazole rings is 1. The van der Waals surface area contributed by atoms with E-state index < -0.39 is 5.97 Å². The Bertz CT molecular complexity index is 457. The van der Waals surface area contributed by atoms with Crippen molar-refractivity contribution in [3.8, 4) is 0 Å². The number of hydrogen-bond donors (Lipinski definition) is 3. The van der Waals surface area contributed by atoms with Crippen LogP contribution in [0.2, 0.25) is 0 Å². The molecule has 1 aliphatic rings. The highest BCUT2D eigenvalue weighted by molar-refractivity contribution is 7.11. The quantitative estimate of drug-likeness (QED) is 0.619. The maximum absolute atomic E-state index is 11.4. The van der Waals surface area contributed by atoms with Gasteiger partial charge < -0.3 is 15.7 Å². The molecule has 0 bridgehead atoms. The van der Waals surface area contributed by atoms with Gasteiger partial charge in [-0.15, -0.1) is 11.3 Å². The van der Waals surface area contributed by atoms with Gasteiger partial charge in [0.15, 0.2) is 0 Å². The highest BCUT2D eigenvalue weighted by Crippen LogP contribution is 2.18. The van der Waals surface area contributed by atoms with Crippen LogP contribution in [-0.2, 0) is 11.3 Å². The van der Waals surface area contributed by atoms with Crippen molar-refractivity contribution in [1.29, 1.82) is 0 Å². The summed E-state index contributed by atoms with van der Waals surface area (Å²) in [6.07, 6.45) is 3.52. The van der Waals surface area contributed by atoms with Crippen LogP contribution in [0.3, 0.4) is 0 Å². The molecule has 7 heteroatoms. The van der Waals surface area contributed by atoms with E-state index in [1.807, 2.05) is 0 Å². The van der Waals surface area contributed by atoms with Gasteiger partial charge in [-0.25, -0.2) is 9.78 Å². The molecule has 1 aromatic rings. The van der Waals surface area contributed by atoms with Crippen LogP contribution in [-0.4, -0.2) is 34.6 Å². The molecule has 0 spiro atoms. The van der Waals surface area contributed by atoms with Crippen LogP contribution < -0.4 is 10.6 Å². The van der Waals surface area contributed by atoms with Crippen LogP contribution in [0.4, 0.5) is 0 Å². The highest BCUT2D eigenvalue weighted by atomic mass is 32.1. The molecule has 0 saturated heterocycles. The molecule has 3 N–H and O–H groups in total. The van der Waals surface area contributed by atoms with Gasteiger partial charge in [-0.05, 0) is 25.8 Å². The summed E-state index contributed by atoms with van der Waals surface area (Å²) in [7, 11) is 0. The Morgan fingerprint density at radius 3 is 2.89 bits per heavy atom. The Balaban J connectivity index is 1.55. The van der Waals surface area contributed by atoms with Gasteiger partial charge in [-0.2, -0.15) is 0 Å². The summed E-state index contributed by atoms with van der Waals surface area (Å²) < 4.78 is 0. The standard InChI is InChI=1S/C12H17N3O3S/c16-10(14-8-3-4-8)2-1-5-13-6-9-7-19-11(15-9)12(17)18/h7-8,13H,1-6H2,(H,14,16)(H,17,18). The second kappa shape index (κ2) is 6.63. The van der Waals surface area contributed by atoms with Crippen molar-refractivity contribution in [3.05, 3.63) is 16.1 Å². The van der Waals surface area contributed by atoms with E-state index in [9.17, 15) is 9.59 Å². The molecule has 104 valence electrons. The third kappa shape index (κ3) is 4.96. The zero-order valence-corrected chi connectivity index (χ0v) is 11.3. The van der Waals surface area contributed by atoms with E-state index in [0.717, 1.165) is 42.8 Å². The van der Waals surface area contributed by atoms with Gasteiger partial charge in [-0.1, -0.05) is 0 Å². The van der Waals surface area contributed by atoms with Gasteiger partial charge in [0.05, 0.1) is 5.69 Å². The van der Waals surface area contributed by atoms with Crippen molar-refractivity contribution in [2.45, 2.75) is 38.3 Å². The van der Waals surface area contributed by atoms with E-state index in [1.54, 1.807) is 5.38 Å². The van der Waals surface area contributed by atoms with Crippen molar-refractivity contribution in [2.75, 3.05) is 6.54 Å². The molecule has 0 aromatic carbocycles. The minimum Gasteiger partial charge on any atom is -0.476 e. The molecule has 0 unspecified atom stereocenters. The van der Waals surface area contributed by atoms with Crippen LogP contribution in [0.1, 0.15) is 41.2 Å².